The maximum atomic E-state index is 13.7. The highest BCUT2D eigenvalue weighted by molar-refractivity contribution is 5.99. The maximum Gasteiger partial charge on any atom is 0.166 e. The molecule has 2 heterocycles. The monoisotopic (exact) mass is 389 g/mol. The van der Waals surface area contributed by atoms with E-state index in [2.05, 4.69) is 10.1 Å². The summed E-state index contributed by atoms with van der Waals surface area (Å²) in [6.45, 7) is 1.91. The number of hydrogen-bond acceptors (Lipinski definition) is 3. The Morgan fingerprint density at radius 1 is 1.03 bits per heavy atom. The lowest BCUT2D eigenvalue weighted by molar-refractivity contribution is 0.0962. The smallest absolute Gasteiger partial charge is 0.166 e. The third kappa shape index (κ3) is 2.92. The second-order valence-corrected chi connectivity index (χ2v) is 7.41. The van der Waals surface area contributed by atoms with E-state index in [0.717, 1.165) is 28.6 Å². The molecular formula is C23H17F2N3O. The molecule has 144 valence electrons. The largest absolute Gasteiger partial charge is 0.294 e. The van der Waals surface area contributed by atoms with Crippen LogP contribution in [0.4, 0.5) is 8.78 Å². The zero-order valence-electron chi connectivity index (χ0n) is 15.7. The molecule has 0 fully saturated rings. The summed E-state index contributed by atoms with van der Waals surface area (Å²) >= 11 is 0. The number of carbonyl (C=O) groups excluding carboxylic acids is 1. The molecule has 0 N–H and O–H groups in total. The van der Waals surface area contributed by atoms with E-state index in [1.54, 1.807) is 10.7 Å². The van der Waals surface area contributed by atoms with Crippen molar-refractivity contribution in [3.8, 4) is 11.1 Å². The van der Waals surface area contributed by atoms with Crippen LogP contribution in [0.15, 0.2) is 54.7 Å². The molecule has 1 atom stereocenters. The molecule has 1 aliphatic carbocycles. The molecule has 6 heteroatoms. The van der Waals surface area contributed by atoms with Crippen LogP contribution in [0.3, 0.4) is 0 Å². The number of rotatable bonds is 2. The summed E-state index contributed by atoms with van der Waals surface area (Å²) in [5.41, 5.74) is 5.13. The van der Waals surface area contributed by atoms with Crippen molar-refractivity contribution in [3.05, 3.63) is 88.9 Å². The fourth-order valence-electron chi connectivity index (χ4n) is 4.19. The van der Waals surface area contributed by atoms with Gasteiger partial charge in [0, 0.05) is 24.2 Å². The van der Waals surface area contributed by atoms with Crippen molar-refractivity contribution in [1.29, 1.82) is 0 Å². The van der Waals surface area contributed by atoms with Gasteiger partial charge in [0.25, 0.3) is 0 Å². The number of Topliss-reactive ketones (excluding diaryl/α,β-unsaturated/α-hetero) is 1. The summed E-state index contributed by atoms with van der Waals surface area (Å²) < 4.78 is 29.2. The minimum Gasteiger partial charge on any atom is -0.294 e. The first-order valence-corrected chi connectivity index (χ1v) is 9.43. The molecule has 4 aromatic rings. The molecule has 0 amide bonds. The molecule has 2 aromatic carbocycles. The van der Waals surface area contributed by atoms with Gasteiger partial charge in [0.1, 0.15) is 11.6 Å². The fourth-order valence-corrected chi connectivity index (χ4v) is 4.19. The van der Waals surface area contributed by atoms with Crippen LogP contribution in [0.25, 0.3) is 16.8 Å². The van der Waals surface area contributed by atoms with E-state index in [1.807, 2.05) is 37.3 Å². The van der Waals surface area contributed by atoms with Crippen molar-refractivity contribution < 1.29 is 13.6 Å². The Labute approximate surface area is 165 Å². The third-order valence-electron chi connectivity index (χ3n) is 5.51. The van der Waals surface area contributed by atoms with E-state index >= 15 is 0 Å². The van der Waals surface area contributed by atoms with Gasteiger partial charge in [-0.05, 0) is 42.5 Å². The van der Waals surface area contributed by atoms with Crippen LogP contribution in [0, 0.1) is 18.6 Å². The molecular weight excluding hydrogens is 372 g/mol. The van der Waals surface area contributed by atoms with Crippen molar-refractivity contribution >= 4 is 11.4 Å². The van der Waals surface area contributed by atoms with Gasteiger partial charge in [-0.15, -0.1) is 0 Å². The second-order valence-electron chi connectivity index (χ2n) is 7.41. The Bertz CT molecular complexity index is 1240. The molecule has 0 aliphatic heterocycles. The number of hydrogen-bond donors (Lipinski definition) is 0. The Kier molecular flexibility index (Phi) is 4.01. The first kappa shape index (κ1) is 17.7. The van der Waals surface area contributed by atoms with E-state index in [4.69, 9.17) is 0 Å². The van der Waals surface area contributed by atoms with Crippen molar-refractivity contribution in [2.24, 2.45) is 0 Å². The van der Waals surface area contributed by atoms with E-state index in [0.29, 0.717) is 23.2 Å². The highest BCUT2D eigenvalue weighted by Gasteiger charge is 2.30. The summed E-state index contributed by atoms with van der Waals surface area (Å²) in [4.78, 5) is 17.3. The average Bonchev–Trinajstić information content (AvgIpc) is 3.04. The van der Waals surface area contributed by atoms with Crippen molar-refractivity contribution in [3.63, 3.8) is 0 Å². The van der Waals surface area contributed by atoms with Crippen LogP contribution in [0.2, 0.25) is 0 Å². The van der Waals surface area contributed by atoms with Crippen LogP contribution in [0.1, 0.15) is 39.6 Å². The Morgan fingerprint density at radius 3 is 2.48 bits per heavy atom. The Hall–Kier alpha value is -3.41. The molecule has 0 radical (unpaired) electrons. The summed E-state index contributed by atoms with van der Waals surface area (Å²) in [6, 6.07) is 13.3. The molecule has 0 spiro atoms. The topological polar surface area (TPSA) is 47.3 Å². The molecule has 0 unspecified atom stereocenters. The predicted octanol–water partition coefficient (Wildman–Crippen LogP) is 4.90. The number of halogens is 2. The first-order valence-electron chi connectivity index (χ1n) is 9.43. The molecule has 5 rings (SSSR count). The van der Waals surface area contributed by atoms with Crippen LogP contribution >= 0.6 is 0 Å². The van der Waals surface area contributed by atoms with E-state index in [1.165, 1.54) is 12.1 Å². The van der Waals surface area contributed by atoms with Crippen LogP contribution < -0.4 is 0 Å². The molecule has 29 heavy (non-hydrogen) atoms. The van der Waals surface area contributed by atoms with Gasteiger partial charge >= 0.3 is 0 Å². The standard InChI is InChI=1S/C23H17F2N3O/c1-13-22(14-5-3-2-4-6-14)23-26-12-19-20(28(23)27-13)9-16(10-21(19)29)15-7-17(24)11-18(25)8-15/h2-8,11-12,16H,9-10H2,1H3/t16-/m0/s1. The highest BCUT2D eigenvalue weighted by Crippen LogP contribution is 2.35. The zero-order valence-corrected chi connectivity index (χ0v) is 15.7. The van der Waals surface area contributed by atoms with Gasteiger partial charge in [-0.2, -0.15) is 5.10 Å². The lowest BCUT2D eigenvalue weighted by Crippen LogP contribution is -2.22. The van der Waals surface area contributed by atoms with Crippen LogP contribution in [-0.2, 0) is 6.42 Å². The zero-order chi connectivity index (χ0) is 20.1. The normalized spacial score (nSPS) is 16.2. The number of fused-ring (bicyclic) bond motifs is 3. The number of carbonyl (C=O) groups is 1. The van der Waals surface area contributed by atoms with E-state index in [-0.39, 0.29) is 18.1 Å². The number of nitrogens with zero attached hydrogens (tertiary/aromatic N) is 3. The van der Waals surface area contributed by atoms with Gasteiger partial charge in [0.15, 0.2) is 11.4 Å². The molecule has 4 nitrogen and oxygen atoms in total. The summed E-state index contributed by atoms with van der Waals surface area (Å²) in [5.74, 6) is -1.68. The minimum atomic E-state index is -0.639. The molecule has 1 aliphatic rings. The van der Waals surface area contributed by atoms with E-state index in [9.17, 15) is 13.6 Å². The average molecular weight is 389 g/mol. The van der Waals surface area contributed by atoms with E-state index < -0.39 is 11.6 Å². The second kappa shape index (κ2) is 6.58. The quantitative estimate of drug-likeness (QED) is 0.490. The Morgan fingerprint density at radius 2 is 1.76 bits per heavy atom. The summed E-state index contributed by atoms with van der Waals surface area (Å²) in [5, 5.41) is 4.65. The van der Waals surface area contributed by atoms with Gasteiger partial charge in [-0.1, -0.05) is 30.3 Å². The highest BCUT2D eigenvalue weighted by atomic mass is 19.1. The fraction of sp³-hybridized carbons (Fsp3) is 0.174. The van der Waals surface area contributed by atoms with Crippen LogP contribution in [0.5, 0.6) is 0 Å². The summed E-state index contributed by atoms with van der Waals surface area (Å²) in [7, 11) is 0. The maximum absolute atomic E-state index is 13.7. The van der Waals surface area contributed by atoms with Gasteiger partial charge in [0.2, 0.25) is 0 Å². The molecule has 0 saturated carbocycles. The number of aryl methyl sites for hydroxylation is 1. The lowest BCUT2D eigenvalue weighted by atomic mass is 9.82. The minimum absolute atomic E-state index is 0.0928. The van der Waals surface area contributed by atoms with Crippen molar-refractivity contribution in [1.82, 2.24) is 14.6 Å². The molecule has 0 bridgehead atoms. The number of ketones is 1. The lowest BCUT2D eigenvalue weighted by Gasteiger charge is -2.24. The predicted molar refractivity (Wildman–Crippen MR) is 105 cm³/mol. The SMILES string of the molecule is Cc1nn2c3c(cnc2c1-c1ccccc1)C(=O)C[C@@H](c1cc(F)cc(F)c1)C3. The summed E-state index contributed by atoms with van der Waals surface area (Å²) in [6.07, 6.45) is 2.25. The third-order valence-corrected chi connectivity index (χ3v) is 5.51. The number of aromatic nitrogens is 3. The molecule has 2 aromatic heterocycles. The molecule has 0 saturated heterocycles. The Balaban J connectivity index is 1.67. The number of benzene rings is 2. The van der Waals surface area contributed by atoms with Crippen molar-refractivity contribution in [2.45, 2.75) is 25.7 Å². The van der Waals surface area contributed by atoms with Gasteiger partial charge in [-0.25, -0.2) is 18.3 Å². The van der Waals surface area contributed by atoms with Gasteiger partial charge < -0.3 is 0 Å². The van der Waals surface area contributed by atoms with Crippen LogP contribution in [-0.4, -0.2) is 20.4 Å². The van der Waals surface area contributed by atoms with Gasteiger partial charge in [-0.3, -0.25) is 4.79 Å². The van der Waals surface area contributed by atoms with Crippen molar-refractivity contribution in [2.75, 3.05) is 0 Å². The first-order chi connectivity index (χ1) is 14.0. The van der Waals surface area contributed by atoms with Gasteiger partial charge in [0.05, 0.1) is 17.0 Å².